The van der Waals surface area contributed by atoms with Crippen LogP contribution in [-0.4, -0.2) is 45.9 Å². The molecule has 0 radical (unpaired) electrons. The van der Waals surface area contributed by atoms with Gasteiger partial charge in [-0.3, -0.25) is 19.0 Å². The normalized spacial score (nSPS) is 14.1. The highest BCUT2D eigenvalue weighted by molar-refractivity contribution is 7.71. The van der Waals surface area contributed by atoms with Crippen LogP contribution in [0.1, 0.15) is 35.2 Å². The van der Waals surface area contributed by atoms with Crippen LogP contribution in [0.4, 0.5) is 13.2 Å². The summed E-state index contributed by atoms with van der Waals surface area (Å²) in [5.74, 6) is -0.220. The van der Waals surface area contributed by atoms with Crippen LogP contribution in [-0.2, 0) is 11.0 Å². The number of nitrogens with one attached hydrogen (secondary N) is 2. The predicted octanol–water partition coefficient (Wildman–Crippen LogP) is 3.81. The van der Waals surface area contributed by atoms with E-state index in [4.69, 9.17) is 12.2 Å². The van der Waals surface area contributed by atoms with Crippen LogP contribution in [0, 0.1) is 4.77 Å². The van der Waals surface area contributed by atoms with Gasteiger partial charge in [-0.25, -0.2) is 0 Å². The molecule has 0 bridgehead atoms. The number of alkyl halides is 3. The molecule has 2 N–H and O–H groups in total. The summed E-state index contributed by atoms with van der Waals surface area (Å²) in [6, 6.07) is 8.72. The van der Waals surface area contributed by atoms with Crippen LogP contribution >= 0.6 is 12.2 Å². The molecule has 0 atom stereocenters. The van der Waals surface area contributed by atoms with E-state index in [1.807, 2.05) is 0 Å². The third kappa shape index (κ3) is 4.89. The molecular weight excluding hydrogens is 469 g/mol. The van der Waals surface area contributed by atoms with Crippen LogP contribution < -0.4 is 10.9 Å². The monoisotopic (exact) mass is 490 g/mol. The van der Waals surface area contributed by atoms with E-state index >= 15 is 0 Å². The van der Waals surface area contributed by atoms with Crippen molar-refractivity contribution in [2.75, 3.05) is 19.6 Å². The Hall–Kier alpha value is -3.47. The molecule has 178 valence electrons. The number of H-pyrrole nitrogens is 1. The highest BCUT2D eigenvalue weighted by atomic mass is 32.1. The third-order valence-electron chi connectivity index (χ3n) is 5.65. The van der Waals surface area contributed by atoms with Crippen LogP contribution in [0.2, 0.25) is 0 Å². The smallest absolute Gasteiger partial charge is 0.352 e. The number of hydrogen-bond acceptors (Lipinski definition) is 4. The molecule has 7 nitrogen and oxygen atoms in total. The lowest BCUT2D eigenvalue weighted by molar-refractivity contribution is -0.137. The zero-order chi connectivity index (χ0) is 24.5. The maximum atomic E-state index is 13.1. The van der Waals surface area contributed by atoms with Crippen molar-refractivity contribution in [2.45, 2.75) is 25.4 Å². The Morgan fingerprint density at radius 2 is 1.94 bits per heavy atom. The van der Waals surface area contributed by atoms with Gasteiger partial charge < -0.3 is 15.2 Å². The minimum atomic E-state index is -4.56. The fourth-order valence-electron chi connectivity index (χ4n) is 3.93. The van der Waals surface area contributed by atoms with Crippen LogP contribution in [0.25, 0.3) is 16.6 Å². The molecule has 1 fully saturated rings. The molecule has 3 aromatic rings. The molecule has 1 saturated heterocycles. The summed E-state index contributed by atoms with van der Waals surface area (Å²) in [5, 5.41) is 2.96. The van der Waals surface area contributed by atoms with Gasteiger partial charge in [0.15, 0.2) is 4.77 Å². The van der Waals surface area contributed by atoms with Gasteiger partial charge in [-0.1, -0.05) is 6.07 Å². The standard InChI is InChI=1S/C23H21F3N4O3S/c24-23(25,26)15-4-1-5-16(13-15)30-21(33)17-8-7-14(12-18(17)28-22(30)34)20(32)27-9-3-11-29-10-2-6-19(29)31/h1,4-5,7-8,12-13H,2-3,6,9-11H2,(H,27,32)(H,28,34). The topological polar surface area (TPSA) is 87.2 Å². The van der Waals surface area contributed by atoms with E-state index in [0.717, 1.165) is 29.7 Å². The molecule has 0 unspecified atom stereocenters. The van der Waals surface area contributed by atoms with E-state index in [1.165, 1.54) is 30.3 Å². The van der Waals surface area contributed by atoms with E-state index in [0.29, 0.717) is 37.0 Å². The van der Waals surface area contributed by atoms with Crippen molar-refractivity contribution >= 4 is 34.9 Å². The summed E-state index contributed by atoms with van der Waals surface area (Å²) in [6.07, 6.45) is -2.51. The van der Waals surface area contributed by atoms with Gasteiger partial charge in [0, 0.05) is 31.6 Å². The Labute approximate surface area is 197 Å². The van der Waals surface area contributed by atoms with Gasteiger partial charge in [0.25, 0.3) is 11.5 Å². The van der Waals surface area contributed by atoms with E-state index < -0.39 is 17.3 Å². The summed E-state index contributed by atoms with van der Waals surface area (Å²) in [6.45, 7) is 1.71. The SMILES string of the molecule is O=C(NCCCN1CCCC1=O)c1ccc2c(=O)n(-c3cccc(C(F)(F)F)c3)c(=S)[nH]c2c1. The number of halogens is 3. The molecule has 1 aliphatic rings. The summed E-state index contributed by atoms with van der Waals surface area (Å²) in [5.41, 5.74) is -0.908. The molecule has 0 saturated carbocycles. The first-order valence-electron chi connectivity index (χ1n) is 10.7. The van der Waals surface area contributed by atoms with Gasteiger partial charge in [0.05, 0.1) is 22.2 Å². The predicted molar refractivity (Wildman–Crippen MR) is 122 cm³/mol. The van der Waals surface area contributed by atoms with E-state index in [1.54, 1.807) is 4.90 Å². The number of nitrogens with zero attached hydrogens (tertiary/aromatic N) is 2. The maximum absolute atomic E-state index is 13.1. The Kier molecular flexibility index (Phi) is 6.56. The van der Waals surface area contributed by atoms with E-state index in [9.17, 15) is 27.6 Å². The van der Waals surface area contributed by atoms with Crippen molar-refractivity contribution in [3.05, 3.63) is 68.7 Å². The molecule has 11 heteroatoms. The highest BCUT2D eigenvalue weighted by Gasteiger charge is 2.30. The minimum Gasteiger partial charge on any atom is -0.352 e. The van der Waals surface area contributed by atoms with Crippen LogP contribution in [0.5, 0.6) is 0 Å². The molecule has 2 heterocycles. The number of amides is 2. The van der Waals surface area contributed by atoms with Crippen molar-refractivity contribution in [1.82, 2.24) is 19.8 Å². The summed E-state index contributed by atoms with van der Waals surface area (Å²) < 4.78 is 40.2. The fourth-order valence-corrected chi connectivity index (χ4v) is 4.23. The summed E-state index contributed by atoms with van der Waals surface area (Å²) >= 11 is 5.24. The van der Waals surface area contributed by atoms with Crippen LogP contribution in [0.3, 0.4) is 0 Å². The second-order valence-electron chi connectivity index (χ2n) is 7.97. The molecule has 2 amide bonds. The number of carbonyl (C=O) groups is 2. The van der Waals surface area contributed by atoms with E-state index in [2.05, 4.69) is 10.3 Å². The second-order valence-corrected chi connectivity index (χ2v) is 8.36. The quantitative estimate of drug-likeness (QED) is 0.407. The first-order chi connectivity index (χ1) is 16.1. The average molecular weight is 491 g/mol. The number of likely N-dealkylation sites (tertiary alicyclic amines) is 1. The van der Waals surface area contributed by atoms with Gasteiger partial charge in [0.2, 0.25) is 5.91 Å². The molecule has 0 spiro atoms. The first-order valence-corrected chi connectivity index (χ1v) is 11.1. The van der Waals surface area contributed by atoms with Gasteiger partial charge >= 0.3 is 6.18 Å². The molecular formula is C23H21F3N4O3S. The van der Waals surface area contributed by atoms with E-state index in [-0.39, 0.29) is 27.7 Å². The molecule has 2 aromatic carbocycles. The number of aromatic amines is 1. The molecule has 1 aromatic heterocycles. The maximum Gasteiger partial charge on any atom is 0.416 e. The summed E-state index contributed by atoms with van der Waals surface area (Å²) in [4.78, 5) is 41.8. The zero-order valence-corrected chi connectivity index (χ0v) is 18.8. The number of hydrogen-bond donors (Lipinski definition) is 2. The van der Waals surface area contributed by atoms with Gasteiger partial charge in [-0.05, 0) is 61.5 Å². The molecule has 4 rings (SSSR count). The average Bonchev–Trinajstić information content (AvgIpc) is 3.20. The highest BCUT2D eigenvalue weighted by Crippen LogP contribution is 2.30. The van der Waals surface area contributed by atoms with Crippen molar-refractivity contribution < 1.29 is 22.8 Å². The zero-order valence-electron chi connectivity index (χ0n) is 17.9. The van der Waals surface area contributed by atoms with Crippen molar-refractivity contribution in [3.8, 4) is 5.69 Å². The number of aromatic nitrogens is 2. The van der Waals surface area contributed by atoms with Crippen molar-refractivity contribution in [3.63, 3.8) is 0 Å². The molecule has 1 aliphatic heterocycles. The largest absolute Gasteiger partial charge is 0.416 e. The third-order valence-corrected chi connectivity index (χ3v) is 5.94. The Bertz CT molecular complexity index is 1380. The number of fused-ring (bicyclic) bond motifs is 1. The number of benzene rings is 2. The van der Waals surface area contributed by atoms with Crippen molar-refractivity contribution in [2.24, 2.45) is 0 Å². The Balaban J connectivity index is 1.54. The summed E-state index contributed by atoms with van der Waals surface area (Å²) in [7, 11) is 0. The second kappa shape index (κ2) is 9.41. The fraction of sp³-hybridized carbons (Fsp3) is 0.304. The minimum absolute atomic E-state index is 0.0127. The Morgan fingerprint density at radius 1 is 1.15 bits per heavy atom. The van der Waals surface area contributed by atoms with Gasteiger partial charge in [-0.15, -0.1) is 0 Å². The number of rotatable bonds is 6. The van der Waals surface area contributed by atoms with Crippen molar-refractivity contribution in [1.29, 1.82) is 0 Å². The van der Waals surface area contributed by atoms with Gasteiger partial charge in [-0.2, -0.15) is 13.2 Å². The lowest BCUT2D eigenvalue weighted by Gasteiger charge is -2.15. The van der Waals surface area contributed by atoms with Crippen LogP contribution in [0.15, 0.2) is 47.3 Å². The molecule has 0 aliphatic carbocycles. The Morgan fingerprint density at radius 3 is 2.65 bits per heavy atom. The molecule has 34 heavy (non-hydrogen) atoms. The number of carbonyl (C=O) groups excluding carboxylic acids is 2. The van der Waals surface area contributed by atoms with Gasteiger partial charge in [0.1, 0.15) is 0 Å². The lowest BCUT2D eigenvalue weighted by Crippen LogP contribution is -2.30. The lowest BCUT2D eigenvalue weighted by atomic mass is 10.1. The first kappa shape index (κ1) is 23.7.